The number of aliphatic carboxylic acids is 1. The fraction of sp³-hybridized carbons (Fsp3) is 0.316. The molecule has 7 heteroatoms. The average molecular weight is 358 g/mol. The maximum Gasteiger partial charge on any atom is 0.315 e. The monoisotopic (exact) mass is 358 g/mol. The number of amides is 2. The summed E-state index contributed by atoms with van der Waals surface area (Å²) < 4.78 is 4.98. The molecule has 1 heterocycles. The predicted molar refractivity (Wildman–Crippen MR) is 94.7 cm³/mol. The largest absolute Gasteiger partial charge is 0.481 e. The summed E-state index contributed by atoms with van der Waals surface area (Å²) in [6.45, 7) is 3.20. The Labute approximate surface area is 151 Å². The van der Waals surface area contributed by atoms with Gasteiger partial charge in [0, 0.05) is 6.54 Å². The lowest BCUT2D eigenvalue weighted by molar-refractivity contribution is -0.144. The van der Waals surface area contributed by atoms with Crippen LogP contribution in [0, 0.1) is 0 Å². The Morgan fingerprint density at radius 2 is 1.85 bits per heavy atom. The highest BCUT2D eigenvalue weighted by Gasteiger charge is 2.39. The molecular formula is C19H22N2O5. The van der Waals surface area contributed by atoms with Gasteiger partial charge in [-0.1, -0.05) is 37.3 Å². The number of rotatable bonds is 8. The van der Waals surface area contributed by atoms with Crippen molar-refractivity contribution >= 4 is 17.8 Å². The Balaban J connectivity index is 2.05. The van der Waals surface area contributed by atoms with Crippen LogP contribution in [-0.2, 0) is 15.0 Å². The first-order valence-corrected chi connectivity index (χ1v) is 8.31. The molecule has 0 saturated heterocycles. The molecule has 0 radical (unpaired) electrons. The molecule has 1 aromatic carbocycles. The Kier molecular flexibility index (Phi) is 6.16. The third-order valence-electron chi connectivity index (χ3n) is 4.39. The van der Waals surface area contributed by atoms with Crippen LogP contribution in [0.1, 0.15) is 36.4 Å². The predicted octanol–water partition coefficient (Wildman–Crippen LogP) is 1.95. The van der Waals surface area contributed by atoms with Crippen LogP contribution in [0.5, 0.6) is 0 Å². The molecule has 2 aromatic rings. The molecule has 3 N–H and O–H groups in total. The minimum Gasteiger partial charge on any atom is -0.481 e. The van der Waals surface area contributed by atoms with E-state index in [0.717, 1.165) is 0 Å². The first-order chi connectivity index (χ1) is 12.4. The molecule has 2 unspecified atom stereocenters. The van der Waals surface area contributed by atoms with Gasteiger partial charge in [0.25, 0.3) is 5.91 Å². The van der Waals surface area contributed by atoms with Gasteiger partial charge >= 0.3 is 5.97 Å². The third-order valence-corrected chi connectivity index (χ3v) is 4.39. The number of hydrogen-bond acceptors (Lipinski definition) is 4. The van der Waals surface area contributed by atoms with Gasteiger partial charge in [0.05, 0.1) is 6.26 Å². The Bertz CT molecular complexity index is 758. The maximum absolute atomic E-state index is 12.3. The molecule has 0 fully saturated rings. The smallest absolute Gasteiger partial charge is 0.315 e. The van der Waals surface area contributed by atoms with Gasteiger partial charge < -0.3 is 20.2 Å². The number of carboxylic acid groups (broad SMARTS) is 1. The molecule has 7 nitrogen and oxygen atoms in total. The Morgan fingerprint density at radius 3 is 2.38 bits per heavy atom. The number of carbonyl (C=O) groups excluding carboxylic acids is 2. The lowest BCUT2D eigenvalue weighted by atomic mass is 9.78. The molecule has 1 aromatic heterocycles. The van der Waals surface area contributed by atoms with Crippen LogP contribution >= 0.6 is 0 Å². The van der Waals surface area contributed by atoms with Crippen molar-refractivity contribution < 1.29 is 23.9 Å². The summed E-state index contributed by atoms with van der Waals surface area (Å²) in [7, 11) is 0. The quantitative estimate of drug-likeness (QED) is 0.668. The van der Waals surface area contributed by atoms with E-state index in [-0.39, 0.29) is 12.3 Å². The van der Waals surface area contributed by atoms with E-state index in [9.17, 15) is 19.5 Å². The van der Waals surface area contributed by atoms with Crippen LogP contribution in [0.15, 0.2) is 53.1 Å². The minimum absolute atomic E-state index is 0.0807. The van der Waals surface area contributed by atoms with Gasteiger partial charge in [-0.25, -0.2) is 0 Å². The van der Waals surface area contributed by atoms with Crippen molar-refractivity contribution in [3.05, 3.63) is 60.1 Å². The second kappa shape index (κ2) is 8.33. The van der Waals surface area contributed by atoms with E-state index in [1.54, 1.807) is 43.3 Å². The molecule has 0 saturated carbocycles. The molecule has 0 aliphatic carbocycles. The Hall–Kier alpha value is -3.09. The van der Waals surface area contributed by atoms with Crippen LogP contribution < -0.4 is 10.6 Å². The average Bonchev–Trinajstić information content (AvgIpc) is 3.18. The van der Waals surface area contributed by atoms with Gasteiger partial charge in [-0.3, -0.25) is 14.4 Å². The van der Waals surface area contributed by atoms with Gasteiger partial charge in [-0.05, 0) is 31.0 Å². The lowest BCUT2D eigenvalue weighted by Crippen LogP contribution is -2.51. The molecule has 26 heavy (non-hydrogen) atoms. The van der Waals surface area contributed by atoms with Crippen molar-refractivity contribution in [2.24, 2.45) is 0 Å². The zero-order valence-electron chi connectivity index (χ0n) is 14.7. The van der Waals surface area contributed by atoms with E-state index < -0.39 is 29.2 Å². The summed E-state index contributed by atoms with van der Waals surface area (Å²) in [5.74, 6) is -1.90. The fourth-order valence-electron chi connectivity index (χ4n) is 2.67. The normalized spacial score (nSPS) is 14.1. The topological polar surface area (TPSA) is 109 Å². The van der Waals surface area contributed by atoms with Crippen molar-refractivity contribution in [1.82, 2.24) is 10.6 Å². The summed E-state index contributed by atoms with van der Waals surface area (Å²) in [5, 5.41) is 14.9. The number of hydrogen-bond donors (Lipinski definition) is 3. The standard InChI is InChI=1S/C19H22N2O5/c1-3-19(18(24)25,14-8-5-4-6-9-14)12-20-16(22)13(2)21-17(23)15-10-7-11-26-15/h4-11,13H,3,12H2,1-2H3,(H,20,22)(H,21,23)(H,24,25). The van der Waals surface area contributed by atoms with Crippen LogP contribution in [0.3, 0.4) is 0 Å². The second-order valence-electron chi connectivity index (χ2n) is 6.00. The Morgan fingerprint density at radius 1 is 1.15 bits per heavy atom. The molecule has 0 aliphatic rings. The number of furan rings is 1. The van der Waals surface area contributed by atoms with Crippen LogP contribution in [0.4, 0.5) is 0 Å². The minimum atomic E-state index is -1.23. The second-order valence-corrected chi connectivity index (χ2v) is 6.00. The number of carbonyl (C=O) groups is 3. The molecule has 0 bridgehead atoms. The van der Waals surface area contributed by atoms with E-state index in [1.807, 2.05) is 0 Å². The van der Waals surface area contributed by atoms with Gasteiger partial charge in [0.15, 0.2) is 5.76 Å². The van der Waals surface area contributed by atoms with Gasteiger partial charge in [-0.2, -0.15) is 0 Å². The summed E-state index contributed by atoms with van der Waals surface area (Å²) in [6, 6.07) is 11.0. The summed E-state index contributed by atoms with van der Waals surface area (Å²) in [6.07, 6.45) is 1.67. The van der Waals surface area contributed by atoms with Crippen molar-refractivity contribution in [3.8, 4) is 0 Å². The number of carboxylic acids is 1. The van der Waals surface area contributed by atoms with E-state index >= 15 is 0 Å². The fourth-order valence-corrected chi connectivity index (χ4v) is 2.67. The summed E-state index contributed by atoms with van der Waals surface area (Å²) in [5.41, 5.74) is -0.621. The molecular weight excluding hydrogens is 336 g/mol. The first kappa shape index (κ1) is 19.2. The van der Waals surface area contributed by atoms with E-state index in [1.165, 1.54) is 19.3 Å². The molecule has 0 aliphatic heterocycles. The molecule has 0 spiro atoms. The molecule has 2 rings (SSSR count). The highest BCUT2D eigenvalue weighted by Crippen LogP contribution is 2.27. The molecule has 138 valence electrons. The summed E-state index contributed by atoms with van der Waals surface area (Å²) in [4.78, 5) is 36.2. The molecule has 2 atom stereocenters. The third kappa shape index (κ3) is 4.11. The number of benzene rings is 1. The maximum atomic E-state index is 12.3. The number of nitrogens with one attached hydrogen (secondary N) is 2. The van der Waals surface area contributed by atoms with E-state index in [0.29, 0.717) is 12.0 Å². The van der Waals surface area contributed by atoms with Gasteiger partial charge in [0.2, 0.25) is 5.91 Å². The first-order valence-electron chi connectivity index (χ1n) is 8.31. The SMILES string of the molecule is CCC(CNC(=O)C(C)NC(=O)c1ccco1)(C(=O)O)c1ccccc1. The van der Waals surface area contributed by atoms with Crippen molar-refractivity contribution in [2.45, 2.75) is 31.7 Å². The van der Waals surface area contributed by atoms with Crippen molar-refractivity contribution in [2.75, 3.05) is 6.54 Å². The lowest BCUT2D eigenvalue weighted by Gasteiger charge is -2.29. The van der Waals surface area contributed by atoms with Crippen LogP contribution in [0.2, 0.25) is 0 Å². The van der Waals surface area contributed by atoms with E-state index in [2.05, 4.69) is 10.6 Å². The van der Waals surface area contributed by atoms with Crippen molar-refractivity contribution in [1.29, 1.82) is 0 Å². The zero-order valence-corrected chi connectivity index (χ0v) is 14.7. The highest BCUT2D eigenvalue weighted by atomic mass is 16.4. The van der Waals surface area contributed by atoms with Gasteiger partial charge in [-0.15, -0.1) is 0 Å². The van der Waals surface area contributed by atoms with Crippen LogP contribution in [0.25, 0.3) is 0 Å². The highest BCUT2D eigenvalue weighted by molar-refractivity contribution is 5.95. The van der Waals surface area contributed by atoms with Crippen molar-refractivity contribution in [3.63, 3.8) is 0 Å². The molecule has 2 amide bonds. The van der Waals surface area contributed by atoms with Gasteiger partial charge in [0.1, 0.15) is 11.5 Å². The summed E-state index contributed by atoms with van der Waals surface area (Å²) >= 11 is 0. The van der Waals surface area contributed by atoms with Crippen LogP contribution in [-0.4, -0.2) is 35.5 Å². The zero-order chi connectivity index (χ0) is 19.2. The van der Waals surface area contributed by atoms with E-state index in [4.69, 9.17) is 4.42 Å².